The monoisotopic (exact) mass is 281 g/mol. The maximum atomic E-state index is 12.0. The molecular weight excluding hydrogens is 262 g/mol. The summed E-state index contributed by atoms with van der Waals surface area (Å²) in [6, 6.07) is -0.754. The molecule has 2 atom stereocenters. The Bertz CT molecular complexity index is 493. The van der Waals surface area contributed by atoms with Crippen molar-refractivity contribution in [1.29, 1.82) is 0 Å². The first kappa shape index (κ1) is 14.4. The van der Waals surface area contributed by atoms with Gasteiger partial charge in [0, 0.05) is 0 Å². The molecule has 20 heavy (non-hydrogen) atoms. The average molecular weight is 281 g/mol. The van der Waals surface area contributed by atoms with Gasteiger partial charge < -0.3 is 20.9 Å². The van der Waals surface area contributed by atoms with Gasteiger partial charge in [-0.25, -0.2) is 0 Å². The zero-order valence-electron chi connectivity index (χ0n) is 11.5. The van der Waals surface area contributed by atoms with Crippen LogP contribution in [0.2, 0.25) is 0 Å². The number of carbonyl (C=O) groups excluding carboxylic acids is 2. The van der Waals surface area contributed by atoms with Gasteiger partial charge in [0.05, 0.1) is 6.04 Å². The van der Waals surface area contributed by atoms with Crippen LogP contribution in [0.5, 0.6) is 0 Å². The summed E-state index contributed by atoms with van der Waals surface area (Å²) in [6.45, 7) is 4.48. The summed E-state index contributed by atoms with van der Waals surface area (Å²) in [5.41, 5.74) is 5.24. The minimum absolute atomic E-state index is 0.00101. The Kier molecular flexibility index (Phi) is 4.33. The first-order chi connectivity index (χ1) is 9.49. The molecule has 0 radical (unpaired) electrons. The summed E-state index contributed by atoms with van der Waals surface area (Å²) >= 11 is 0. The average Bonchev–Trinajstić information content (AvgIpc) is 3.04. The molecular formula is C12H19N5O3. The number of primary amides is 1. The maximum absolute atomic E-state index is 12.0. The Balaban J connectivity index is 2.03. The Morgan fingerprint density at radius 2 is 2.25 bits per heavy atom. The lowest BCUT2D eigenvalue weighted by atomic mass is 10.0. The molecule has 0 spiro atoms. The number of nitrogens with two attached hydrogens (primary N) is 1. The third-order valence-electron chi connectivity index (χ3n) is 3.26. The van der Waals surface area contributed by atoms with Crippen molar-refractivity contribution in [2.75, 3.05) is 6.54 Å². The van der Waals surface area contributed by atoms with E-state index in [0.717, 1.165) is 19.4 Å². The van der Waals surface area contributed by atoms with E-state index in [4.69, 9.17) is 10.3 Å². The van der Waals surface area contributed by atoms with Crippen LogP contribution < -0.4 is 16.4 Å². The highest BCUT2D eigenvalue weighted by Crippen LogP contribution is 2.21. The standard InChI is InChI=1S/C12H19N5O3/c1-6(2)8(9(13)18)15-11(19)10-16-12(20-17-10)7-4-3-5-14-7/h6-8,14H,3-5H2,1-2H3,(H2,13,18)(H,15,19). The Hall–Kier alpha value is -1.96. The fourth-order valence-electron chi connectivity index (χ4n) is 2.14. The van der Waals surface area contributed by atoms with Crippen molar-refractivity contribution >= 4 is 11.8 Å². The summed E-state index contributed by atoms with van der Waals surface area (Å²) in [5, 5.41) is 9.36. The number of hydrogen-bond acceptors (Lipinski definition) is 6. The van der Waals surface area contributed by atoms with Gasteiger partial charge in [0.25, 0.3) is 11.7 Å². The van der Waals surface area contributed by atoms with Gasteiger partial charge in [-0.2, -0.15) is 4.98 Å². The van der Waals surface area contributed by atoms with Gasteiger partial charge in [-0.3, -0.25) is 9.59 Å². The smallest absolute Gasteiger partial charge is 0.293 e. The molecule has 2 heterocycles. The quantitative estimate of drug-likeness (QED) is 0.683. The molecule has 1 aliphatic rings. The second-order valence-corrected chi connectivity index (χ2v) is 5.20. The minimum atomic E-state index is -0.756. The van der Waals surface area contributed by atoms with Crippen LogP contribution in [-0.4, -0.2) is 34.5 Å². The summed E-state index contributed by atoms with van der Waals surface area (Å²) in [4.78, 5) is 27.3. The maximum Gasteiger partial charge on any atom is 0.293 e. The largest absolute Gasteiger partial charge is 0.368 e. The second kappa shape index (κ2) is 6.00. The van der Waals surface area contributed by atoms with Crippen molar-refractivity contribution in [3.63, 3.8) is 0 Å². The van der Waals surface area contributed by atoms with Gasteiger partial charge in [-0.1, -0.05) is 19.0 Å². The lowest BCUT2D eigenvalue weighted by molar-refractivity contribution is -0.120. The summed E-state index contributed by atoms with van der Waals surface area (Å²) in [5.74, 6) is -0.947. The van der Waals surface area contributed by atoms with E-state index in [1.54, 1.807) is 13.8 Å². The van der Waals surface area contributed by atoms with Crippen molar-refractivity contribution in [1.82, 2.24) is 20.8 Å². The predicted molar refractivity (Wildman–Crippen MR) is 69.6 cm³/mol. The molecule has 0 aliphatic carbocycles. The summed E-state index contributed by atoms with van der Waals surface area (Å²) in [6.07, 6.45) is 1.94. The van der Waals surface area contributed by atoms with Crippen molar-refractivity contribution < 1.29 is 14.1 Å². The van der Waals surface area contributed by atoms with Gasteiger partial charge in [0.15, 0.2) is 0 Å². The zero-order chi connectivity index (χ0) is 14.7. The fraction of sp³-hybridized carbons (Fsp3) is 0.667. The molecule has 1 fully saturated rings. The molecule has 110 valence electrons. The van der Waals surface area contributed by atoms with Gasteiger partial charge in [0.1, 0.15) is 6.04 Å². The third kappa shape index (κ3) is 3.13. The van der Waals surface area contributed by atoms with Crippen LogP contribution in [-0.2, 0) is 4.79 Å². The molecule has 0 bridgehead atoms. The van der Waals surface area contributed by atoms with E-state index in [2.05, 4.69) is 20.8 Å². The molecule has 8 nitrogen and oxygen atoms in total. The first-order valence-corrected chi connectivity index (χ1v) is 6.66. The van der Waals surface area contributed by atoms with Crippen molar-refractivity contribution in [3.05, 3.63) is 11.7 Å². The van der Waals surface area contributed by atoms with Crippen LogP contribution in [0.15, 0.2) is 4.52 Å². The highest BCUT2D eigenvalue weighted by Gasteiger charge is 2.27. The molecule has 8 heteroatoms. The molecule has 1 aromatic rings. The van der Waals surface area contributed by atoms with Gasteiger partial charge >= 0.3 is 0 Å². The van der Waals surface area contributed by atoms with E-state index >= 15 is 0 Å². The highest BCUT2D eigenvalue weighted by molar-refractivity contribution is 5.94. The van der Waals surface area contributed by atoms with Crippen molar-refractivity contribution in [2.45, 2.75) is 38.8 Å². The zero-order valence-corrected chi connectivity index (χ0v) is 11.5. The molecule has 4 N–H and O–H groups in total. The number of amides is 2. The Morgan fingerprint density at radius 1 is 1.50 bits per heavy atom. The SMILES string of the molecule is CC(C)C(NC(=O)c1noc(C2CCCN2)n1)C(N)=O. The number of aromatic nitrogens is 2. The van der Waals surface area contributed by atoms with Crippen molar-refractivity contribution in [3.8, 4) is 0 Å². The fourth-order valence-corrected chi connectivity index (χ4v) is 2.14. The van der Waals surface area contributed by atoms with Crippen LogP contribution in [0, 0.1) is 5.92 Å². The lowest BCUT2D eigenvalue weighted by Crippen LogP contribution is -2.47. The van der Waals surface area contributed by atoms with E-state index in [1.165, 1.54) is 0 Å². The van der Waals surface area contributed by atoms with Crippen LogP contribution in [0.1, 0.15) is 49.2 Å². The minimum Gasteiger partial charge on any atom is -0.368 e. The molecule has 1 saturated heterocycles. The van der Waals surface area contributed by atoms with Crippen LogP contribution in [0.3, 0.4) is 0 Å². The predicted octanol–water partition coefficient (Wildman–Crippen LogP) is -0.266. The normalized spacial score (nSPS) is 20.1. The van der Waals surface area contributed by atoms with Gasteiger partial charge in [0.2, 0.25) is 11.8 Å². The Labute approximate surface area is 116 Å². The van der Waals surface area contributed by atoms with Crippen LogP contribution in [0.25, 0.3) is 0 Å². The van der Waals surface area contributed by atoms with E-state index in [1.807, 2.05) is 0 Å². The lowest BCUT2D eigenvalue weighted by Gasteiger charge is -2.17. The van der Waals surface area contributed by atoms with Crippen molar-refractivity contribution in [2.24, 2.45) is 11.7 Å². The van der Waals surface area contributed by atoms with Crippen LogP contribution >= 0.6 is 0 Å². The third-order valence-corrected chi connectivity index (χ3v) is 3.26. The van der Waals surface area contributed by atoms with E-state index in [-0.39, 0.29) is 17.8 Å². The van der Waals surface area contributed by atoms with E-state index < -0.39 is 17.9 Å². The number of rotatable bonds is 5. The Morgan fingerprint density at radius 3 is 2.80 bits per heavy atom. The molecule has 1 aromatic heterocycles. The molecule has 2 rings (SSSR count). The summed E-state index contributed by atoms with van der Waals surface area (Å²) in [7, 11) is 0. The van der Waals surface area contributed by atoms with E-state index in [9.17, 15) is 9.59 Å². The molecule has 0 aromatic carbocycles. The van der Waals surface area contributed by atoms with Gasteiger partial charge in [-0.05, 0) is 25.3 Å². The number of hydrogen-bond donors (Lipinski definition) is 3. The topological polar surface area (TPSA) is 123 Å². The van der Waals surface area contributed by atoms with Gasteiger partial charge in [-0.15, -0.1) is 0 Å². The first-order valence-electron chi connectivity index (χ1n) is 6.66. The van der Waals surface area contributed by atoms with E-state index in [0.29, 0.717) is 5.89 Å². The second-order valence-electron chi connectivity index (χ2n) is 5.20. The highest BCUT2D eigenvalue weighted by atomic mass is 16.5. The number of nitrogens with zero attached hydrogens (tertiary/aromatic N) is 2. The molecule has 0 saturated carbocycles. The molecule has 2 amide bonds. The molecule has 2 unspecified atom stereocenters. The summed E-state index contributed by atoms with van der Waals surface area (Å²) < 4.78 is 5.07. The molecule has 1 aliphatic heterocycles. The van der Waals surface area contributed by atoms with Crippen LogP contribution in [0.4, 0.5) is 0 Å². The number of carbonyl (C=O) groups is 2. The number of nitrogens with one attached hydrogen (secondary N) is 2.